The van der Waals surface area contributed by atoms with Gasteiger partial charge in [0.15, 0.2) is 0 Å². The van der Waals surface area contributed by atoms with Crippen LogP contribution in [0.4, 0.5) is 0 Å². The molecular weight excluding hydrogens is 328 g/mol. The van der Waals surface area contributed by atoms with Crippen LogP contribution < -0.4 is 10.1 Å². The maximum Gasteiger partial charge on any atom is 0.123 e. The predicted octanol–water partition coefficient (Wildman–Crippen LogP) is 3.56. The Labute approximate surface area is 155 Å². The average molecular weight is 362 g/mol. The summed E-state index contributed by atoms with van der Waals surface area (Å²) in [5.41, 5.74) is 1.34. The molecule has 2 heterocycles. The van der Waals surface area contributed by atoms with Gasteiger partial charge in [0.2, 0.25) is 0 Å². The zero-order valence-electron chi connectivity index (χ0n) is 15.3. The molecule has 139 valence electrons. The van der Waals surface area contributed by atoms with Crippen molar-refractivity contribution in [2.45, 2.75) is 49.5 Å². The number of thiol groups is 1. The van der Waals surface area contributed by atoms with E-state index in [1.807, 2.05) is 0 Å². The van der Waals surface area contributed by atoms with Crippen LogP contribution in [0.1, 0.15) is 42.9 Å². The van der Waals surface area contributed by atoms with Crippen molar-refractivity contribution in [3.63, 3.8) is 0 Å². The van der Waals surface area contributed by atoms with E-state index in [1.54, 1.807) is 0 Å². The first-order valence-corrected chi connectivity index (χ1v) is 11.9. The number of rotatable bonds is 5. The number of hydrogen-bond acceptors (Lipinski definition) is 3. The van der Waals surface area contributed by atoms with Gasteiger partial charge in [0.05, 0.1) is 0 Å². The number of hydrogen-bond donors (Lipinski definition) is 2. The summed E-state index contributed by atoms with van der Waals surface area (Å²) in [5, 5.41) is 3.88. The highest BCUT2D eigenvalue weighted by Gasteiger charge is 2.30. The summed E-state index contributed by atoms with van der Waals surface area (Å²) in [5.74, 6) is 3.68. The van der Waals surface area contributed by atoms with Crippen LogP contribution in [0.2, 0.25) is 0 Å². The molecule has 1 N–H and O–H groups in total. The van der Waals surface area contributed by atoms with Gasteiger partial charge in [-0.2, -0.15) is 0 Å². The Kier molecular flexibility index (Phi) is 5.89. The highest BCUT2D eigenvalue weighted by atomic mass is 32.2. The van der Waals surface area contributed by atoms with Gasteiger partial charge in [-0.1, -0.05) is 24.6 Å². The zero-order chi connectivity index (χ0) is 17.1. The molecule has 1 aliphatic carbocycles. The topological polar surface area (TPSA) is 24.5 Å². The lowest BCUT2D eigenvalue weighted by molar-refractivity contribution is 0.0490. The molecule has 1 saturated carbocycles. The molecule has 1 aromatic carbocycles. The maximum absolute atomic E-state index is 6.51. The van der Waals surface area contributed by atoms with Crippen molar-refractivity contribution < 1.29 is 4.74 Å². The van der Waals surface area contributed by atoms with Gasteiger partial charge in [-0.05, 0) is 50.2 Å². The highest BCUT2D eigenvalue weighted by Crippen LogP contribution is 2.46. The van der Waals surface area contributed by atoms with Crippen LogP contribution >= 0.6 is 10.9 Å². The number of benzene rings is 1. The second kappa shape index (κ2) is 8.32. The number of likely N-dealkylation sites (tertiary alicyclic amines) is 1. The summed E-state index contributed by atoms with van der Waals surface area (Å²) in [4.78, 5) is 2.69. The summed E-state index contributed by atoms with van der Waals surface area (Å²) in [6.07, 6.45) is 6.98. The van der Waals surface area contributed by atoms with Gasteiger partial charge in [0, 0.05) is 43.0 Å². The quantitative estimate of drug-likeness (QED) is 0.784. The standard InChI is InChI=1S/C21H33N2OS/c1-17(25-15-11-22-12-16-25)20-7-2-3-8-21(20)24-19-9-13-23(14-10-19)18-5-4-6-18/h2-3,7-8,17-19,22,25H,1,4-6,9-16H2. The fourth-order valence-electron chi connectivity index (χ4n) is 4.34. The van der Waals surface area contributed by atoms with Crippen LogP contribution in [0.5, 0.6) is 5.75 Å². The molecule has 25 heavy (non-hydrogen) atoms. The fraction of sp³-hybridized carbons (Fsp3) is 0.667. The van der Waals surface area contributed by atoms with E-state index in [2.05, 4.69) is 41.4 Å². The SMILES string of the molecule is [CH2]C(c1ccccc1OC1CCN(C2CCC2)CC1)[SH]1CCNCC1. The van der Waals surface area contributed by atoms with Gasteiger partial charge in [-0.3, -0.25) is 0 Å². The average Bonchev–Trinajstić information content (AvgIpc) is 2.62. The molecule has 4 rings (SSSR count). The third kappa shape index (κ3) is 4.17. The summed E-state index contributed by atoms with van der Waals surface area (Å²) in [6, 6.07) is 9.56. The second-order valence-corrected chi connectivity index (χ2v) is 10.5. The molecule has 0 bridgehead atoms. The minimum absolute atomic E-state index is 0.0210. The molecule has 2 saturated heterocycles. The summed E-state index contributed by atoms with van der Waals surface area (Å²) < 4.78 is 6.51. The summed E-state index contributed by atoms with van der Waals surface area (Å²) in [6.45, 7) is 9.28. The molecule has 2 aliphatic heterocycles. The Morgan fingerprint density at radius 3 is 2.48 bits per heavy atom. The van der Waals surface area contributed by atoms with E-state index in [9.17, 15) is 0 Å². The van der Waals surface area contributed by atoms with E-state index < -0.39 is 0 Å². The molecule has 0 amide bonds. The molecule has 1 atom stereocenters. The smallest absolute Gasteiger partial charge is 0.123 e. The van der Waals surface area contributed by atoms with Crippen molar-refractivity contribution in [2.24, 2.45) is 0 Å². The van der Waals surface area contributed by atoms with E-state index in [0.29, 0.717) is 11.4 Å². The fourth-order valence-corrected chi connectivity index (χ4v) is 6.69. The maximum atomic E-state index is 6.51. The molecule has 0 spiro atoms. The van der Waals surface area contributed by atoms with Crippen LogP contribution in [0.15, 0.2) is 24.3 Å². The number of nitrogens with zero attached hydrogens (tertiary/aromatic N) is 1. The number of piperidine rings is 1. The molecule has 3 nitrogen and oxygen atoms in total. The van der Waals surface area contributed by atoms with Crippen molar-refractivity contribution in [1.82, 2.24) is 10.2 Å². The molecule has 3 fully saturated rings. The van der Waals surface area contributed by atoms with Crippen LogP contribution in [0.25, 0.3) is 0 Å². The largest absolute Gasteiger partial charge is 0.490 e. The first-order chi connectivity index (χ1) is 12.3. The lowest BCUT2D eigenvalue weighted by Gasteiger charge is -2.42. The van der Waals surface area contributed by atoms with E-state index in [-0.39, 0.29) is 10.9 Å². The zero-order valence-corrected chi connectivity index (χ0v) is 16.2. The van der Waals surface area contributed by atoms with Crippen molar-refractivity contribution in [3.05, 3.63) is 36.8 Å². The molecule has 4 heteroatoms. The van der Waals surface area contributed by atoms with Gasteiger partial charge in [-0.25, -0.2) is 10.9 Å². The summed E-state index contributed by atoms with van der Waals surface area (Å²) in [7, 11) is -0.0210. The Bertz CT molecular complexity index is 549. The van der Waals surface area contributed by atoms with Crippen LogP contribution in [0, 0.1) is 6.92 Å². The van der Waals surface area contributed by atoms with Gasteiger partial charge in [0.25, 0.3) is 0 Å². The van der Waals surface area contributed by atoms with Crippen LogP contribution in [-0.2, 0) is 0 Å². The number of para-hydroxylation sites is 1. The third-order valence-electron chi connectivity index (χ3n) is 6.23. The van der Waals surface area contributed by atoms with Crippen LogP contribution in [-0.4, -0.2) is 54.7 Å². The first-order valence-electron chi connectivity index (χ1n) is 10.1. The van der Waals surface area contributed by atoms with E-state index in [1.165, 1.54) is 62.3 Å². The summed E-state index contributed by atoms with van der Waals surface area (Å²) >= 11 is 0. The Morgan fingerprint density at radius 2 is 1.80 bits per heavy atom. The van der Waals surface area contributed by atoms with E-state index in [4.69, 9.17) is 4.74 Å². The normalized spacial score (nSPS) is 26.2. The monoisotopic (exact) mass is 361 g/mol. The lowest BCUT2D eigenvalue weighted by atomic mass is 9.90. The number of ether oxygens (including phenoxy) is 1. The molecule has 1 aromatic rings. The highest BCUT2D eigenvalue weighted by molar-refractivity contribution is 8.17. The molecule has 1 unspecified atom stereocenters. The second-order valence-electron chi connectivity index (χ2n) is 7.78. The van der Waals surface area contributed by atoms with Gasteiger partial charge in [-0.15, -0.1) is 0 Å². The van der Waals surface area contributed by atoms with E-state index >= 15 is 0 Å². The minimum atomic E-state index is -0.0210. The number of nitrogens with one attached hydrogen (secondary N) is 1. The van der Waals surface area contributed by atoms with Gasteiger partial charge < -0.3 is 15.0 Å². The first kappa shape index (κ1) is 17.7. The van der Waals surface area contributed by atoms with Crippen molar-refractivity contribution in [1.29, 1.82) is 0 Å². The van der Waals surface area contributed by atoms with Gasteiger partial charge in [0.1, 0.15) is 11.9 Å². The Balaban J connectivity index is 1.37. The Hall–Kier alpha value is -0.710. The minimum Gasteiger partial charge on any atom is -0.490 e. The molecule has 1 radical (unpaired) electrons. The van der Waals surface area contributed by atoms with Crippen LogP contribution in [0.3, 0.4) is 0 Å². The van der Waals surface area contributed by atoms with E-state index in [0.717, 1.165) is 24.9 Å². The third-order valence-corrected chi connectivity index (χ3v) is 8.99. The molecule has 0 aromatic heterocycles. The Morgan fingerprint density at radius 1 is 1.08 bits per heavy atom. The predicted molar refractivity (Wildman–Crippen MR) is 109 cm³/mol. The lowest BCUT2D eigenvalue weighted by Crippen LogP contribution is -2.46. The molecular formula is C21H33N2OS. The van der Waals surface area contributed by atoms with Gasteiger partial charge >= 0.3 is 0 Å². The molecule has 3 aliphatic rings. The van der Waals surface area contributed by atoms with Crippen molar-refractivity contribution in [2.75, 3.05) is 37.7 Å². The van der Waals surface area contributed by atoms with Crippen molar-refractivity contribution >= 4 is 10.9 Å². The van der Waals surface area contributed by atoms with Crippen molar-refractivity contribution in [3.8, 4) is 5.75 Å².